The maximum Gasteiger partial charge on any atom is 0.0996 e. The molecule has 2 aliphatic carbocycles. The second-order valence-corrected chi connectivity index (χ2v) is 17.7. The minimum Gasteiger partial charge on any atom is -0.254 e. The average Bonchev–Trinajstić information content (AvgIpc) is 3.31. The van der Waals surface area contributed by atoms with E-state index < -0.39 is 0 Å². The third kappa shape index (κ3) is 2.70. The van der Waals surface area contributed by atoms with Crippen LogP contribution in [0.25, 0.3) is 175 Å². The van der Waals surface area contributed by atoms with Crippen LogP contribution < -0.4 is 5.22 Å². The number of fused-ring (bicyclic) bond motifs is 14. The molecule has 0 aliphatic heterocycles. The predicted octanol–water partition coefficient (Wildman–Crippen LogP) is 13.4. The number of nitrogens with zero attached hydrogens (tertiary/aromatic N) is 4. The van der Waals surface area contributed by atoms with Gasteiger partial charge in [0, 0.05) is 44.5 Å². The highest BCUT2D eigenvalue weighted by atomic mass is 14.8. The molecule has 0 radical (unpaired) electrons. The highest BCUT2D eigenvalue weighted by Gasteiger charge is 2.34. The fraction of sp³-hybridized carbons (Fsp3) is 0.0357. The van der Waals surface area contributed by atoms with Crippen LogP contribution in [-0.4, -0.2) is 19.9 Å². The Morgan fingerprint density at radius 1 is 0.317 bits per heavy atom. The maximum atomic E-state index is 5.72. The molecule has 18 rings (SSSR count). The molecule has 0 atom stereocenters. The monoisotopic (exact) mass is 752 g/mol. The molecule has 16 aromatic rings. The summed E-state index contributed by atoms with van der Waals surface area (Å²) >= 11 is 0. The molecule has 4 heteroatoms. The van der Waals surface area contributed by atoms with Gasteiger partial charge in [0.2, 0.25) is 0 Å². The lowest BCUT2D eigenvalue weighted by Gasteiger charge is -2.32. The summed E-state index contributed by atoms with van der Waals surface area (Å²) in [6.07, 6.45) is 12.9. The van der Waals surface area contributed by atoms with Gasteiger partial charge in [0.15, 0.2) is 0 Å². The quantitative estimate of drug-likeness (QED) is 0.114. The van der Waals surface area contributed by atoms with E-state index in [1.165, 1.54) is 140 Å². The van der Waals surface area contributed by atoms with E-state index in [0.29, 0.717) is 0 Å². The van der Waals surface area contributed by atoms with Crippen LogP contribution in [0.3, 0.4) is 0 Å². The molecular weight excluding hydrogens is 729 g/mol. The van der Waals surface area contributed by atoms with Crippen molar-refractivity contribution < 1.29 is 0 Å². The van der Waals surface area contributed by atoms with E-state index >= 15 is 0 Å². The molecule has 2 aliphatic rings. The molecule has 0 fully saturated rings. The molecule has 13 aromatic carbocycles. The van der Waals surface area contributed by atoms with Gasteiger partial charge in [-0.25, -0.2) is 9.97 Å². The van der Waals surface area contributed by atoms with Gasteiger partial charge in [0.25, 0.3) is 0 Å². The summed E-state index contributed by atoms with van der Waals surface area (Å²) in [6, 6.07) is 34.2. The topological polar surface area (TPSA) is 51.6 Å². The molecule has 0 spiro atoms. The Balaban J connectivity index is 1.24. The Kier molecular flexibility index (Phi) is 4.25. The highest BCUT2D eigenvalue weighted by Crippen LogP contribution is 2.60. The molecule has 60 heavy (non-hydrogen) atoms. The Morgan fingerprint density at radius 2 is 0.800 bits per heavy atom. The Bertz CT molecular complexity index is 4870. The molecule has 0 bridgehead atoms. The van der Waals surface area contributed by atoms with Gasteiger partial charge < -0.3 is 0 Å². The fourth-order valence-electron chi connectivity index (χ4n) is 13.5. The molecule has 0 saturated carbocycles. The number of allylic oxidation sites excluding steroid dienone is 1. The van der Waals surface area contributed by atoms with Gasteiger partial charge in [-0.15, -0.1) is 0 Å². The number of benzene rings is 13. The molecule has 0 N–H and O–H groups in total. The van der Waals surface area contributed by atoms with E-state index in [0.717, 1.165) is 56.7 Å². The van der Waals surface area contributed by atoms with Gasteiger partial charge in [0.1, 0.15) is 0 Å². The summed E-state index contributed by atoms with van der Waals surface area (Å²) < 4.78 is 0. The number of hydrogen-bond donors (Lipinski definition) is 0. The fourth-order valence-corrected chi connectivity index (χ4v) is 13.5. The van der Waals surface area contributed by atoms with E-state index in [9.17, 15) is 0 Å². The van der Waals surface area contributed by atoms with Crippen molar-refractivity contribution >= 4 is 175 Å². The summed E-state index contributed by atoms with van der Waals surface area (Å²) in [7, 11) is 0. The number of pyridine rings is 2. The van der Waals surface area contributed by atoms with Crippen LogP contribution >= 0.6 is 0 Å². The maximum absolute atomic E-state index is 5.72. The summed E-state index contributed by atoms with van der Waals surface area (Å²) in [4.78, 5) is 21.1. The zero-order valence-corrected chi connectivity index (χ0v) is 31.8. The second-order valence-electron chi connectivity index (χ2n) is 17.7. The van der Waals surface area contributed by atoms with Crippen molar-refractivity contribution in [2.24, 2.45) is 0 Å². The highest BCUT2D eigenvalue weighted by molar-refractivity contribution is 6.59. The first-order valence-corrected chi connectivity index (χ1v) is 21.1. The summed E-state index contributed by atoms with van der Waals surface area (Å²) in [5.74, 6) is 0. The number of rotatable bonds is 0. The molecule has 3 aromatic heterocycles. The van der Waals surface area contributed by atoms with Crippen molar-refractivity contribution in [1.82, 2.24) is 19.9 Å². The van der Waals surface area contributed by atoms with Crippen LogP contribution in [-0.2, 0) is 12.8 Å². The minimum absolute atomic E-state index is 0.838. The Morgan fingerprint density at radius 3 is 1.47 bits per heavy atom. The molecule has 0 saturated heterocycles. The first-order valence-electron chi connectivity index (χ1n) is 21.1. The van der Waals surface area contributed by atoms with Gasteiger partial charge in [-0.1, -0.05) is 85.0 Å². The number of hydrogen-bond acceptors (Lipinski definition) is 4. The molecule has 4 nitrogen and oxygen atoms in total. The largest absolute Gasteiger partial charge is 0.254 e. The molecular formula is C56H24N4. The summed E-state index contributed by atoms with van der Waals surface area (Å²) in [5, 5.41) is 33.7. The third-order valence-corrected chi connectivity index (χ3v) is 15.4. The number of aromatic nitrogens is 4. The van der Waals surface area contributed by atoms with Gasteiger partial charge in [-0.3, -0.25) is 9.97 Å². The van der Waals surface area contributed by atoms with E-state index in [1.54, 1.807) is 0 Å². The van der Waals surface area contributed by atoms with E-state index in [-0.39, 0.29) is 0 Å². The van der Waals surface area contributed by atoms with Gasteiger partial charge in [-0.05, 0) is 156 Å². The Hall–Kier alpha value is -7.82. The van der Waals surface area contributed by atoms with Crippen molar-refractivity contribution in [1.29, 1.82) is 0 Å². The first-order chi connectivity index (χ1) is 29.8. The standard InChI is InChI=1S/C56H24N4/c1-7-23-24-8-2-10-26-28-12-4-14-30-32-18-20-34-44-42(32)50-48(40(28)30)46(38(24)26)45-37(23)25(9-1)27-11-3-13-29-31-17-19-33(43(44)41(31)49(50)47(45)39(27)29)53-54(34)60-56-36-16-6-22-58-52(36)51-35(55(56)59-53)15-5-21-57-51/h1-11,13-17,19-22H,12,18H2. The predicted molar refractivity (Wildman–Crippen MR) is 252 cm³/mol. The van der Waals surface area contributed by atoms with Crippen molar-refractivity contribution in [3.05, 3.63) is 131 Å². The van der Waals surface area contributed by atoms with E-state index in [2.05, 4.69) is 97.1 Å². The van der Waals surface area contributed by atoms with Crippen LogP contribution in [0, 0.1) is 0 Å². The lowest BCUT2D eigenvalue weighted by atomic mass is 9.70. The van der Waals surface area contributed by atoms with Crippen LogP contribution in [0.5, 0.6) is 0 Å². The smallest absolute Gasteiger partial charge is 0.0996 e. The van der Waals surface area contributed by atoms with Gasteiger partial charge >= 0.3 is 0 Å². The van der Waals surface area contributed by atoms with Crippen molar-refractivity contribution in [3.63, 3.8) is 0 Å². The zero-order valence-electron chi connectivity index (χ0n) is 31.8. The normalized spacial score (nSPS) is 14.6. The van der Waals surface area contributed by atoms with Crippen LogP contribution in [0.4, 0.5) is 0 Å². The lowest BCUT2D eigenvalue weighted by molar-refractivity contribution is 1.29. The van der Waals surface area contributed by atoms with Gasteiger partial charge in [-0.2, -0.15) is 0 Å². The Labute approximate surface area is 337 Å². The van der Waals surface area contributed by atoms with Gasteiger partial charge in [0.05, 0.1) is 33.1 Å². The SMILES string of the molecule is C1=Cc2c3c4c5c(c6nc7c8cccnc8c8ncccc8c7nc6c6ccc7c8cccc9c%10cccc%11c%12cccc%13c(c2c2c4c(c7c65)c(c98)c(c%11%10)c2c%13%12)C1)=CC3. The van der Waals surface area contributed by atoms with Crippen LogP contribution in [0.15, 0.2) is 109 Å². The second kappa shape index (κ2) is 8.92. The molecule has 0 amide bonds. The van der Waals surface area contributed by atoms with Crippen LogP contribution in [0.1, 0.15) is 16.7 Å². The lowest BCUT2D eigenvalue weighted by Crippen LogP contribution is -2.16. The third-order valence-electron chi connectivity index (χ3n) is 15.4. The van der Waals surface area contributed by atoms with E-state index in [1.807, 2.05) is 24.5 Å². The van der Waals surface area contributed by atoms with Crippen LogP contribution in [0.2, 0.25) is 0 Å². The van der Waals surface area contributed by atoms with Crippen molar-refractivity contribution in [2.75, 3.05) is 0 Å². The minimum atomic E-state index is 0.838. The zero-order chi connectivity index (χ0) is 38.0. The first kappa shape index (κ1) is 28.6. The molecule has 268 valence electrons. The van der Waals surface area contributed by atoms with Crippen molar-refractivity contribution in [3.8, 4) is 0 Å². The van der Waals surface area contributed by atoms with Crippen molar-refractivity contribution in [2.45, 2.75) is 12.8 Å². The van der Waals surface area contributed by atoms with E-state index in [4.69, 9.17) is 19.9 Å². The average molecular weight is 753 g/mol. The summed E-state index contributed by atoms with van der Waals surface area (Å²) in [6.45, 7) is 0. The molecule has 3 heterocycles. The summed E-state index contributed by atoms with van der Waals surface area (Å²) in [5.41, 5.74) is 9.75. The molecule has 0 unspecified atom stereocenters.